The number of nitrogens with zero attached hydrogens (tertiary/aromatic N) is 3. The van der Waals surface area contributed by atoms with Crippen LogP contribution < -0.4 is 4.74 Å². The first kappa shape index (κ1) is 17.7. The summed E-state index contributed by atoms with van der Waals surface area (Å²) in [7, 11) is 0. The predicted octanol–water partition coefficient (Wildman–Crippen LogP) is 3.44. The van der Waals surface area contributed by atoms with E-state index in [0.29, 0.717) is 18.4 Å². The van der Waals surface area contributed by atoms with Crippen molar-refractivity contribution in [2.75, 3.05) is 26.0 Å². The van der Waals surface area contributed by atoms with Crippen molar-refractivity contribution >= 4 is 17.7 Å². The molecule has 1 aliphatic rings. The first-order valence-corrected chi connectivity index (χ1v) is 9.73. The van der Waals surface area contributed by atoms with Crippen molar-refractivity contribution in [3.8, 4) is 5.88 Å². The fourth-order valence-corrected chi connectivity index (χ4v) is 3.41. The molecule has 3 rings (SSSR count). The molecule has 0 N–H and O–H groups in total. The van der Waals surface area contributed by atoms with Crippen molar-refractivity contribution in [2.24, 2.45) is 5.92 Å². The average molecular weight is 357 g/mol. The highest BCUT2D eigenvalue weighted by atomic mass is 32.2. The van der Waals surface area contributed by atoms with Gasteiger partial charge in [-0.15, -0.1) is 11.8 Å². The van der Waals surface area contributed by atoms with Gasteiger partial charge in [-0.05, 0) is 50.1 Å². The molecule has 6 heteroatoms. The molecule has 0 spiro atoms. The Morgan fingerprint density at radius 3 is 2.80 bits per heavy atom. The summed E-state index contributed by atoms with van der Waals surface area (Å²) in [6, 6.07) is 9.69. The van der Waals surface area contributed by atoms with Gasteiger partial charge in [0.2, 0.25) is 5.88 Å². The summed E-state index contributed by atoms with van der Waals surface area (Å²) in [5, 5.41) is 0. The molecule has 1 aromatic carbocycles. The normalized spacial score (nSPS) is 15.2. The summed E-state index contributed by atoms with van der Waals surface area (Å²) in [5.41, 5.74) is 1.68. The zero-order valence-corrected chi connectivity index (χ0v) is 15.5. The number of aryl methyl sites for hydroxylation is 1. The van der Waals surface area contributed by atoms with Crippen LogP contribution in [0, 0.1) is 12.8 Å². The smallest absolute Gasteiger partial charge is 0.253 e. The molecule has 0 unspecified atom stereocenters. The highest BCUT2D eigenvalue weighted by Gasteiger charge is 2.24. The third-order valence-corrected chi connectivity index (χ3v) is 5.19. The van der Waals surface area contributed by atoms with E-state index in [9.17, 15) is 4.79 Å². The van der Waals surface area contributed by atoms with Crippen LogP contribution in [-0.2, 0) is 0 Å². The van der Waals surface area contributed by atoms with E-state index in [0.717, 1.165) is 42.1 Å². The van der Waals surface area contributed by atoms with Crippen LogP contribution in [0.5, 0.6) is 5.88 Å². The number of likely N-dealkylation sites (tertiary alicyclic amines) is 1. The van der Waals surface area contributed by atoms with Crippen LogP contribution in [0.3, 0.4) is 0 Å². The molecule has 1 fully saturated rings. The van der Waals surface area contributed by atoms with Crippen molar-refractivity contribution in [3.05, 3.63) is 47.9 Å². The van der Waals surface area contributed by atoms with Crippen LogP contribution in [0.15, 0.2) is 41.6 Å². The Bertz CT molecular complexity index is 730. The molecule has 1 aromatic heterocycles. The van der Waals surface area contributed by atoms with E-state index in [2.05, 4.69) is 9.97 Å². The van der Waals surface area contributed by atoms with Crippen LogP contribution in [0.25, 0.3) is 0 Å². The summed E-state index contributed by atoms with van der Waals surface area (Å²) in [4.78, 5) is 23.9. The number of aromatic nitrogens is 2. The van der Waals surface area contributed by atoms with E-state index in [4.69, 9.17) is 4.74 Å². The number of ether oxygens (including phenoxy) is 1. The second kappa shape index (κ2) is 8.34. The first-order valence-electron chi connectivity index (χ1n) is 8.50. The lowest BCUT2D eigenvalue weighted by atomic mass is 9.97. The summed E-state index contributed by atoms with van der Waals surface area (Å²) >= 11 is 1.66. The lowest BCUT2D eigenvalue weighted by Gasteiger charge is -2.32. The van der Waals surface area contributed by atoms with Crippen LogP contribution in [0.4, 0.5) is 0 Å². The Labute approximate surface area is 152 Å². The minimum Gasteiger partial charge on any atom is -0.477 e. The maximum absolute atomic E-state index is 12.7. The monoisotopic (exact) mass is 357 g/mol. The molecule has 0 atom stereocenters. The van der Waals surface area contributed by atoms with Crippen LogP contribution >= 0.6 is 11.8 Å². The van der Waals surface area contributed by atoms with Gasteiger partial charge < -0.3 is 9.64 Å². The number of amides is 1. The van der Waals surface area contributed by atoms with Gasteiger partial charge in [0.25, 0.3) is 5.91 Å². The van der Waals surface area contributed by atoms with E-state index in [-0.39, 0.29) is 5.91 Å². The van der Waals surface area contributed by atoms with E-state index in [1.54, 1.807) is 11.8 Å². The molecule has 1 amide bonds. The summed E-state index contributed by atoms with van der Waals surface area (Å²) in [6.45, 7) is 4.11. The summed E-state index contributed by atoms with van der Waals surface area (Å²) < 4.78 is 5.78. The third-order valence-electron chi connectivity index (χ3n) is 4.46. The fourth-order valence-electron chi connectivity index (χ4n) is 2.95. The zero-order chi connectivity index (χ0) is 17.6. The Hall–Kier alpha value is -2.08. The van der Waals surface area contributed by atoms with E-state index in [1.165, 1.54) is 6.33 Å². The Kier molecular flexibility index (Phi) is 5.91. The number of carbonyl (C=O) groups excluding carboxylic acids is 1. The number of hydrogen-bond donors (Lipinski definition) is 0. The highest BCUT2D eigenvalue weighted by Crippen LogP contribution is 2.22. The van der Waals surface area contributed by atoms with Gasteiger partial charge in [0, 0.05) is 35.3 Å². The Morgan fingerprint density at radius 2 is 2.08 bits per heavy atom. The maximum atomic E-state index is 12.7. The molecule has 1 saturated heterocycles. The fraction of sp³-hybridized carbons (Fsp3) is 0.421. The predicted molar refractivity (Wildman–Crippen MR) is 99.1 cm³/mol. The van der Waals surface area contributed by atoms with Crippen molar-refractivity contribution in [2.45, 2.75) is 24.7 Å². The SMILES string of the molecule is CSc1cccc(C(=O)N2CCC(COc3cc(C)ncn3)CC2)c1. The zero-order valence-electron chi connectivity index (χ0n) is 14.6. The Morgan fingerprint density at radius 1 is 1.28 bits per heavy atom. The Balaban J connectivity index is 1.50. The number of thioether (sulfide) groups is 1. The van der Waals surface area contributed by atoms with Crippen molar-refractivity contribution in [1.29, 1.82) is 0 Å². The number of piperidine rings is 1. The minimum atomic E-state index is 0.127. The minimum absolute atomic E-state index is 0.127. The number of rotatable bonds is 5. The van der Waals surface area contributed by atoms with Gasteiger partial charge in [0.1, 0.15) is 6.33 Å². The second-order valence-electron chi connectivity index (χ2n) is 6.28. The second-order valence-corrected chi connectivity index (χ2v) is 7.16. The van der Waals surface area contributed by atoms with Crippen molar-refractivity contribution < 1.29 is 9.53 Å². The number of hydrogen-bond acceptors (Lipinski definition) is 5. The number of benzene rings is 1. The largest absolute Gasteiger partial charge is 0.477 e. The van der Waals surface area contributed by atoms with Gasteiger partial charge in [-0.25, -0.2) is 9.97 Å². The van der Waals surface area contributed by atoms with E-state index >= 15 is 0 Å². The van der Waals surface area contributed by atoms with Crippen molar-refractivity contribution in [1.82, 2.24) is 14.9 Å². The van der Waals surface area contributed by atoms with Crippen molar-refractivity contribution in [3.63, 3.8) is 0 Å². The molecule has 1 aliphatic heterocycles. The standard InChI is InChI=1S/C19H23N3O2S/c1-14-10-18(21-13-20-14)24-12-15-6-8-22(9-7-15)19(23)16-4-3-5-17(11-16)25-2/h3-5,10-11,13,15H,6-9,12H2,1-2H3. The van der Waals surface area contributed by atoms with Gasteiger partial charge in [-0.1, -0.05) is 6.07 Å². The number of carbonyl (C=O) groups is 1. The molecule has 0 saturated carbocycles. The molecule has 0 radical (unpaired) electrons. The van der Waals surface area contributed by atoms with Gasteiger partial charge in [-0.3, -0.25) is 4.79 Å². The summed E-state index contributed by atoms with van der Waals surface area (Å²) in [5.74, 6) is 1.21. The molecule has 0 aliphatic carbocycles. The molecule has 2 heterocycles. The van der Waals surface area contributed by atoms with Gasteiger partial charge in [-0.2, -0.15) is 0 Å². The lowest BCUT2D eigenvalue weighted by Crippen LogP contribution is -2.39. The van der Waals surface area contributed by atoms with Crippen LogP contribution in [0.2, 0.25) is 0 Å². The summed E-state index contributed by atoms with van der Waals surface area (Å²) in [6.07, 6.45) is 5.46. The van der Waals surface area contributed by atoms with E-state index in [1.807, 2.05) is 48.4 Å². The molecular weight excluding hydrogens is 334 g/mol. The maximum Gasteiger partial charge on any atom is 0.253 e. The molecule has 132 valence electrons. The third kappa shape index (κ3) is 4.72. The van der Waals surface area contributed by atoms with Crippen LogP contribution in [-0.4, -0.2) is 46.7 Å². The molecule has 25 heavy (non-hydrogen) atoms. The lowest BCUT2D eigenvalue weighted by molar-refractivity contribution is 0.0659. The highest BCUT2D eigenvalue weighted by molar-refractivity contribution is 7.98. The molecular formula is C19H23N3O2S. The van der Waals surface area contributed by atoms with Gasteiger partial charge in [0.15, 0.2) is 0 Å². The van der Waals surface area contributed by atoms with E-state index < -0.39 is 0 Å². The molecule has 0 bridgehead atoms. The van der Waals surface area contributed by atoms with Crippen LogP contribution in [0.1, 0.15) is 28.9 Å². The molecule has 2 aromatic rings. The molecule has 5 nitrogen and oxygen atoms in total. The van der Waals surface area contributed by atoms with Gasteiger partial charge >= 0.3 is 0 Å². The quantitative estimate of drug-likeness (QED) is 0.767. The first-order chi connectivity index (χ1) is 12.2. The topological polar surface area (TPSA) is 55.3 Å². The van der Waals surface area contributed by atoms with Gasteiger partial charge in [0.05, 0.1) is 6.61 Å². The average Bonchev–Trinajstić information content (AvgIpc) is 2.66.